The van der Waals surface area contributed by atoms with Crippen molar-refractivity contribution >= 4 is 5.91 Å². The highest BCUT2D eigenvalue weighted by Gasteiger charge is 2.52. The highest BCUT2D eigenvalue weighted by molar-refractivity contribution is 5.79. The van der Waals surface area contributed by atoms with Crippen LogP contribution in [0.3, 0.4) is 0 Å². The third-order valence-corrected chi connectivity index (χ3v) is 4.17. The molecule has 1 heterocycles. The molecule has 92 valence electrons. The number of carbonyl (C=O) groups excluding carboxylic acids is 1. The molecular weight excluding hydrogens is 204 g/mol. The van der Waals surface area contributed by atoms with Crippen LogP contribution in [0.4, 0.5) is 0 Å². The Hall–Kier alpha value is -0.610. The van der Waals surface area contributed by atoms with Gasteiger partial charge in [-0.05, 0) is 12.3 Å². The zero-order valence-electron chi connectivity index (χ0n) is 10.3. The summed E-state index contributed by atoms with van der Waals surface area (Å²) in [6, 6.07) is 0.108. The molecule has 5 unspecified atom stereocenters. The van der Waals surface area contributed by atoms with E-state index in [0.717, 1.165) is 13.0 Å². The van der Waals surface area contributed by atoms with E-state index in [2.05, 4.69) is 19.2 Å². The fourth-order valence-corrected chi connectivity index (χ4v) is 2.53. The van der Waals surface area contributed by atoms with E-state index >= 15 is 0 Å². The van der Waals surface area contributed by atoms with Gasteiger partial charge in [-0.25, -0.2) is 0 Å². The first-order chi connectivity index (χ1) is 7.52. The van der Waals surface area contributed by atoms with Crippen LogP contribution in [0.1, 0.15) is 27.2 Å². The van der Waals surface area contributed by atoms with Crippen LogP contribution >= 0.6 is 0 Å². The van der Waals surface area contributed by atoms with Gasteiger partial charge in [0, 0.05) is 24.5 Å². The number of nitrogens with two attached hydrogens (primary N) is 1. The fraction of sp³-hybridized carbons (Fsp3) is 0.917. The molecule has 0 bridgehead atoms. The van der Waals surface area contributed by atoms with Gasteiger partial charge in [0.1, 0.15) is 0 Å². The van der Waals surface area contributed by atoms with Gasteiger partial charge in [-0.15, -0.1) is 0 Å². The average molecular weight is 226 g/mol. The average Bonchev–Trinajstić information content (AvgIpc) is 2.68. The summed E-state index contributed by atoms with van der Waals surface area (Å²) in [5.74, 6) is 0.952. The third-order valence-electron chi connectivity index (χ3n) is 4.17. The van der Waals surface area contributed by atoms with Crippen molar-refractivity contribution in [2.45, 2.75) is 45.4 Å². The van der Waals surface area contributed by atoms with Crippen LogP contribution in [0.2, 0.25) is 0 Å². The monoisotopic (exact) mass is 226 g/mol. The van der Waals surface area contributed by atoms with Crippen molar-refractivity contribution in [3.05, 3.63) is 0 Å². The standard InChI is InChI=1S/C12H22N2O2/c1-6(2)7(3)12(15)14-10-9(13)8-4-5-16-11(8)10/h6-11H,4-5,13H2,1-3H3,(H,14,15). The van der Waals surface area contributed by atoms with E-state index < -0.39 is 0 Å². The van der Waals surface area contributed by atoms with Crippen LogP contribution in [0, 0.1) is 17.8 Å². The van der Waals surface area contributed by atoms with Crippen molar-refractivity contribution in [1.82, 2.24) is 5.32 Å². The number of hydrogen-bond donors (Lipinski definition) is 2. The zero-order valence-corrected chi connectivity index (χ0v) is 10.3. The van der Waals surface area contributed by atoms with E-state index in [1.807, 2.05) is 6.92 Å². The van der Waals surface area contributed by atoms with Gasteiger partial charge in [-0.1, -0.05) is 20.8 Å². The lowest BCUT2D eigenvalue weighted by molar-refractivity contribution is -0.130. The predicted octanol–water partition coefficient (Wildman–Crippen LogP) is 0.509. The second-order valence-corrected chi connectivity index (χ2v) is 5.43. The van der Waals surface area contributed by atoms with Crippen molar-refractivity contribution in [2.75, 3.05) is 6.61 Å². The molecule has 0 aromatic heterocycles. The minimum Gasteiger partial charge on any atom is -0.376 e. The Balaban J connectivity index is 1.88. The zero-order chi connectivity index (χ0) is 11.9. The number of fused-ring (bicyclic) bond motifs is 1. The van der Waals surface area contributed by atoms with Gasteiger partial charge in [-0.2, -0.15) is 0 Å². The maximum absolute atomic E-state index is 11.9. The molecule has 2 aliphatic rings. The van der Waals surface area contributed by atoms with E-state index in [1.54, 1.807) is 0 Å². The number of amides is 1. The first kappa shape index (κ1) is 11.9. The molecule has 5 atom stereocenters. The normalized spacial score (nSPS) is 39.1. The van der Waals surface area contributed by atoms with E-state index in [4.69, 9.17) is 10.5 Å². The summed E-state index contributed by atoms with van der Waals surface area (Å²) in [6.45, 7) is 6.85. The summed E-state index contributed by atoms with van der Waals surface area (Å²) in [5.41, 5.74) is 6.04. The summed E-state index contributed by atoms with van der Waals surface area (Å²) in [6.07, 6.45) is 1.20. The first-order valence-electron chi connectivity index (χ1n) is 6.20. The minimum atomic E-state index is 0.0289. The third kappa shape index (κ3) is 1.84. The van der Waals surface area contributed by atoms with Crippen molar-refractivity contribution < 1.29 is 9.53 Å². The molecule has 16 heavy (non-hydrogen) atoms. The van der Waals surface area contributed by atoms with Gasteiger partial charge in [0.2, 0.25) is 5.91 Å². The number of carbonyl (C=O) groups is 1. The molecule has 1 aliphatic heterocycles. The molecule has 2 rings (SSSR count). The summed E-state index contributed by atoms with van der Waals surface area (Å²) < 4.78 is 5.58. The van der Waals surface area contributed by atoms with Crippen LogP contribution in [-0.4, -0.2) is 30.7 Å². The van der Waals surface area contributed by atoms with Gasteiger partial charge in [0.05, 0.1) is 12.1 Å². The fourth-order valence-electron chi connectivity index (χ4n) is 2.53. The smallest absolute Gasteiger partial charge is 0.223 e. The van der Waals surface area contributed by atoms with Crippen molar-refractivity contribution in [3.8, 4) is 0 Å². The molecule has 1 saturated heterocycles. The topological polar surface area (TPSA) is 64.4 Å². The molecular formula is C12H22N2O2. The van der Waals surface area contributed by atoms with Gasteiger partial charge < -0.3 is 15.8 Å². The number of nitrogens with one attached hydrogen (secondary N) is 1. The molecule has 2 fully saturated rings. The lowest BCUT2D eigenvalue weighted by atomic mass is 9.72. The van der Waals surface area contributed by atoms with Crippen LogP contribution < -0.4 is 11.1 Å². The lowest BCUT2D eigenvalue weighted by Crippen LogP contribution is -2.69. The quantitative estimate of drug-likeness (QED) is 0.737. The van der Waals surface area contributed by atoms with Crippen molar-refractivity contribution in [1.29, 1.82) is 0 Å². The Morgan fingerprint density at radius 2 is 2.12 bits per heavy atom. The minimum absolute atomic E-state index is 0.0289. The van der Waals surface area contributed by atoms with Gasteiger partial charge in [0.15, 0.2) is 0 Å². The summed E-state index contributed by atoms with van der Waals surface area (Å²) >= 11 is 0. The number of rotatable bonds is 3. The second-order valence-electron chi connectivity index (χ2n) is 5.43. The Morgan fingerprint density at radius 1 is 1.44 bits per heavy atom. The van der Waals surface area contributed by atoms with Crippen molar-refractivity contribution in [2.24, 2.45) is 23.5 Å². The summed E-state index contributed by atoms with van der Waals surface area (Å²) in [7, 11) is 0. The lowest BCUT2D eigenvalue weighted by Gasteiger charge is -2.46. The Bertz CT molecular complexity index is 280. The molecule has 4 heteroatoms. The molecule has 1 saturated carbocycles. The Labute approximate surface area is 96.9 Å². The molecule has 4 nitrogen and oxygen atoms in total. The van der Waals surface area contributed by atoms with Crippen LogP contribution in [0.15, 0.2) is 0 Å². The molecule has 0 radical (unpaired) electrons. The summed E-state index contributed by atoms with van der Waals surface area (Å²) in [5, 5.41) is 3.03. The van der Waals surface area contributed by atoms with Crippen LogP contribution in [-0.2, 0) is 9.53 Å². The van der Waals surface area contributed by atoms with Crippen molar-refractivity contribution in [3.63, 3.8) is 0 Å². The molecule has 3 N–H and O–H groups in total. The molecule has 0 aromatic rings. The molecule has 1 amide bonds. The Morgan fingerprint density at radius 3 is 2.75 bits per heavy atom. The number of ether oxygens (including phenoxy) is 1. The first-order valence-corrected chi connectivity index (χ1v) is 6.20. The Kier molecular flexibility index (Phi) is 3.22. The summed E-state index contributed by atoms with van der Waals surface area (Å²) in [4.78, 5) is 11.9. The molecule has 1 aliphatic carbocycles. The maximum Gasteiger partial charge on any atom is 0.223 e. The van der Waals surface area contributed by atoms with Crippen LogP contribution in [0.25, 0.3) is 0 Å². The highest BCUT2D eigenvalue weighted by atomic mass is 16.5. The highest BCUT2D eigenvalue weighted by Crippen LogP contribution is 2.37. The second kappa shape index (κ2) is 4.34. The van der Waals surface area contributed by atoms with Crippen LogP contribution in [0.5, 0.6) is 0 Å². The van der Waals surface area contributed by atoms with Gasteiger partial charge in [-0.3, -0.25) is 4.79 Å². The van der Waals surface area contributed by atoms with E-state index in [0.29, 0.717) is 11.8 Å². The maximum atomic E-state index is 11.9. The molecule has 0 spiro atoms. The van der Waals surface area contributed by atoms with E-state index in [-0.39, 0.29) is 30.0 Å². The largest absolute Gasteiger partial charge is 0.376 e. The SMILES string of the molecule is CC(C)C(C)C(=O)NC1C(N)C2CCOC21. The molecule has 0 aromatic carbocycles. The number of hydrogen-bond acceptors (Lipinski definition) is 3. The van der Waals surface area contributed by atoms with Gasteiger partial charge >= 0.3 is 0 Å². The van der Waals surface area contributed by atoms with Gasteiger partial charge in [0.25, 0.3) is 0 Å². The predicted molar refractivity (Wildman–Crippen MR) is 61.8 cm³/mol. The van der Waals surface area contributed by atoms with E-state index in [9.17, 15) is 4.79 Å². The van der Waals surface area contributed by atoms with E-state index in [1.165, 1.54) is 0 Å².